The smallest absolute Gasteiger partial charge is 0.162 e. The van der Waals surface area contributed by atoms with Crippen molar-refractivity contribution in [3.05, 3.63) is 33.1 Å². The van der Waals surface area contributed by atoms with Gasteiger partial charge in [-0.05, 0) is 28.1 Å². The number of halogens is 1. The maximum absolute atomic E-state index is 11.1. The molecule has 4 heteroatoms. The third-order valence-electron chi connectivity index (χ3n) is 1.79. The van der Waals surface area contributed by atoms with Crippen LogP contribution >= 0.6 is 27.3 Å². The second kappa shape index (κ2) is 3.64. The molecule has 1 unspecified atom stereocenters. The standard InChI is InChI=1S/C9H7BrO2S/c10-9-2-1-8(13-9)7-5-6(11)3-4-12-7/h1-4,7H,5H2. The summed E-state index contributed by atoms with van der Waals surface area (Å²) in [5, 5.41) is 0. The van der Waals surface area contributed by atoms with E-state index >= 15 is 0 Å². The molecule has 0 bridgehead atoms. The van der Waals surface area contributed by atoms with Crippen molar-refractivity contribution in [2.75, 3.05) is 0 Å². The summed E-state index contributed by atoms with van der Waals surface area (Å²) in [5.74, 6) is 0.126. The van der Waals surface area contributed by atoms with Crippen LogP contribution in [-0.2, 0) is 9.53 Å². The van der Waals surface area contributed by atoms with Crippen molar-refractivity contribution < 1.29 is 9.53 Å². The first-order chi connectivity index (χ1) is 6.25. The molecule has 0 fully saturated rings. The van der Waals surface area contributed by atoms with Gasteiger partial charge in [0.1, 0.15) is 6.10 Å². The first kappa shape index (κ1) is 8.97. The van der Waals surface area contributed by atoms with Crippen molar-refractivity contribution in [3.63, 3.8) is 0 Å². The topological polar surface area (TPSA) is 26.3 Å². The molecule has 2 rings (SSSR count). The Bertz CT molecular complexity index is 356. The van der Waals surface area contributed by atoms with Crippen LogP contribution in [0.1, 0.15) is 17.4 Å². The van der Waals surface area contributed by atoms with Gasteiger partial charge in [-0.2, -0.15) is 0 Å². The summed E-state index contributed by atoms with van der Waals surface area (Å²) in [6.07, 6.45) is 3.31. The van der Waals surface area contributed by atoms with Gasteiger partial charge in [-0.3, -0.25) is 4.79 Å². The quantitative estimate of drug-likeness (QED) is 0.774. The molecule has 0 aromatic carbocycles. The van der Waals surface area contributed by atoms with Gasteiger partial charge in [0.25, 0.3) is 0 Å². The van der Waals surface area contributed by atoms with Crippen LogP contribution in [0, 0.1) is 0 Å². The molecule has 0 aliphatic carbocycles. The molecule has 68 valence electrons. The summed E-state index contributed by atoms with van der Waals surface area (Å²) in [4.78, 5) is 12.2. The fraction of sp³-hybridized carbons (Fsp3) is 0.222. The largest absolute Gasteiger partial charge is 0.492 e. The van der Waals surface area contributed by atoms with E-state index in [1.165, 1.54) is 12.3 Å². The van der Waals surface area contributed by atoms with E-state index in [0.717, 1.165) is 8.66 Å². The second-order valence-corrected chi connectivity index (χ2v) is 5.23. The molecular formula is C9H7BrO2S. The van der Waals surface area contributed by atoms with Crippen molar-refractivity contribution in [2.45, 2.75) is 12.5 Å². The lowest BCUT2D eigenvalue weighted by Crippen LogP contribution is -2.09. The zero-order chi connectivity index (χ0) is 9.26. The Kier molecular flexibility index (Phi) is 2.51. The fourth-order valence-corrected chi connectivity index (χ4v) is 2.64. The maximum atomic E-state index is 11.1. The molecule has 2 heterocycles. The number of hydrogen-bond donors (Lipinski definition) is 0. The second-order valence-electron chi connectivity index (χ2n) is 2.74. The van der Waals surface area contributed by atoms with Gasteiger partial charge in [-0.15, -0.1) is 11.3 Å². The normalized spacial score (nSPS) is 21.6. The fourth-order valence-electron chi connectivity index (χ4n) is 1.18. The van der Waals surface area contributed by atoms with Crippen LogP contribution < -0.4 is 0 Å². The highest BCUT2D eigenvalue weighted by Crippen LogP contribution is 2.32. The van der Waals surface area contributed by atoms with Crippen molar-refractivity contribution in [2.24, 2.45) is 0 Å². The third-order valence-corrected chi connectivity index (χ3v) is 3.51. The highest BCUT2D eigenvalue weighted by atomic mass is 79.9. The average Bonchev–Trinajstić information content (AvgIpc) is 2.52. The molecule has 0 radical (unpaired) electrons. The van der Waals surface area contributed by atoms with Gasteiger partial charge in [0.2, 0.25) is 0 Å². The van der Waals surface area contributed by atoms with Crippen molar-refractivity contribution in [1.82, 2.24) is 0 Å². The number of thiophene rings is 1. The van der Waals surface area contributed by atoms with Gasteiger partial charge in [0, 0.05) is 11.0 Å². The van der Waals surface area contributed by atoms with E-state index in [2.05, 4.69) is 15.9 Å². The Morgan fingerprint density at radius 2 is 2.38 bits per heavy atom. The lowest BCUT2D eigenvalue weighted by Gasteiger charge is -2.16. The maximum Gasteiger partial charge on any atom is 0.162 e. The molecule has 1 aliphatic rings. The minimum absolute atomic E-state index is 0.0891. The molecular weight excluding hydrogens is 252 g/mol. The summed E-state index contributed by atoms with van der Waals surface area (Å²) >= 11 is 4.98. The van der Waals surface area contributed by atoms with Crippen molar-refractivity contribution in [3.8, 4) is 0 Å². The Balaban J connectivity index is 2.18. The number of rotatable bonds is 1. The van der Waals surface area contributed by atoms with Crippen LogP contribution in [-0.4, -0.2) is 5.78 Å². The summed E-state index contributed by atoms with van der Waals surface area (Å²) in [6.45, 7) is 0. The van der Waals surface area contributed by atoms with Crippen LogP contribution in [0.3, 0.4) is 0 Å². The Morgan fingerprint density at radius 1 is 1.54 bits per heavy atom. The lowest BCUT2D eigenvalue weighted by atomic mass is 10.1. The zero-order valence-electron chi connectivity index (χ0n) is 6.70. The van der Waals surface area contributed by atoms with Gasteiger partial charge < -0.3 is 4.74 Å². The van der Waals surface area contributed by atoms with Gasteiger partial charge >= 0.3 is 0 Å². The number of ether oxygens (including phenoxy) is 1. The van der Waals surface area contributed by atoms with Crippen molar-refractivity contribution in [1.29, 1.82) is 0 Å². The van der Waals surface area contributed by atoms with Gasteiger partial charge in [-0.1, -0.05) is 0 Å². The summed E-state index contributed by atoms with van der Waals surface area (Å²) in [5.41, 5.74) is 0. The van der Waals surface area contributed by atoms with E-state index in [1.807, 2.05) is 12.1 Å². The monoisotopic (exact) mass is 258 g/mol. The summed E-state index contributed by atoms with van der Waals surface area (Å²) in [7, 11) is 0. The predicted molar refractivity (Wildman–Crippen MR) is 54.6 cm³/mol. The Morgan fingerprint density at radius 3 is 3.00 bits per heavy atom. The molecule has 1 aromatic rings. The zero-order valence-corrected chi connectivity index (χ0v) is 9.10. The van der Waals surface area contributed by atoms with E-state index in [1.54, 1.807) is 11.3 Å². The van der Waals surface area contributed by atoms with Crippen LogP contribution in [0.2, 0.25) is 0 Å². The molecule has 13 heavy (non-hydrogen) atoms. The molecule has 1 atom stereocenters. The Labute approximate surface area is 88.3 Å². The van der Waals surface area contributed by atoms with E-state index in [9.17, 15) is 4.79 Å². The minimum atomic E-state index is -0.0891. The first-order valence-electron chi connectivity index (χ1n) is 3.86. The number of carbonyl (C=O) groups excluding carboxylic acids is 1. The number of ketones is 1. The average molecular weight is 259 g/mol. The van der Waals surface area contributed by atoms with E-state index in [0.29, 0.717) is 6.42 Å². The van der Waals surface area contributed by atoms with Gasteiger partial charge in [0.05, 0.1) is 16.5 Å². The van der Waals surface area contributed by atoms with E-state index in [4.69, 9.17) is 4.74 Å². The minimum Gasteiger partial charge on any atom is -0.492 e. The predicted octanol–water partition coefficient (Wildman–Crippen LogP) is 3.05. The molecule has 2 nitrogen and oxygen atoms in total. The number of carbonyl (C=O) groups is 1. The van der Waals surface area contributed by atoms with Crippen molar-refractivity contribution >= 4 is 33.0 Å². The summed E-state index contributed by atoms with van der Waals surface area (Å²) in [6, 6.07) is 3.94. The molecule has 0 spiro atoms. The lowest BCUT2D eigenvalue weighted by molar-refractivity contribution is -0.118. The van der Waals surface area contributed by atoms with Crippen LogP contribution in [0.25, 0.3) is 0 Å². The molecule has 1 aromatic heterocycles. The highest BCUT2D eigenvalue weighted by Gasteiger charge is 2.19. The number of hydrogen-bond acceptors (Lipinski definition) is 3. The van der Waals surface area contributed by atoms with Gasteiger partial charge in [0.15, 0.2) is 5.78 Å². The van der Waals surface area contributed by atoms with E-state index in [-0.39, 0.29) is 11.9 Å². The summed E-state index contributed by atoms with van der Waals surface area (Å²) < 4.78 is 6.40. The molecule has 0 saturated carbocycles. The van der Waals surface area contributed by atoms with Crippen LogP contribution in [0.15, 0.2) is 28.3 Å². The first-order valence-corrected chi connectivity index (χ1v) is 5.47. The number of allylic oxidation sites excluding steroid dienone is 1. The third kappa shape index (κ3) is 2.00. The molecule has 0 amide bonds. The molecule has 0 saturated heterocycles. The van der Waals surface area contributed by atoms with Crippen LogP contribution in [0.5, 0.6) is 0 Å². The SMILES string of the molecule is O=C1C=COC(c2ccc(Br)s2)C1. The van der Waals surface area contributed by atoms with E-state index < -0.39 is 0 Å². The van der Waals surface area contributed by atoms with Crippen LogP contribution in [0.4, 0.5) is 0 Å². The van der Waals surface area contributed by atoms with Gasteiger partial charge in [-0.25, -0.2) is 0 Å². The highest BCUT2D eigenvalue weighted by molar-refractivity contribution is 9.11. The molecule has 1 aliphatic heterocycles. The Hall–Kier alpha value is -0.610. The molecule has 0 N–H and O–H groups in total.